The molecule has 1 unspecified atom stereocenters. The van der Waals surface area contributed by atoms with Crippen molar-refractivity contribution in [1.82, 2.24) is 4.98 Å². The molecule has 186 valence electrons. The van der Waals surface area contributed by atoms with Gasteiger partial charge in [-0.05, 0) is 72.3 Å². The smallest absolute Gasteiger partial charge is 0.0749 e. The van der Waals surface area contributed by atoms with E-state index in [1.165, 1.54) is 63.6 Å². The Bertz CT molecular complexity index is 1040. The average molecular weight is 460 g/mol. The summed E-state index contributed by atoms with van der Waals surface area (Å²) >= 11 is 0. The van der Waals surface area contributed by atoms with Crippen molar-refractivity contribution in [1.29, 1.82) is 0 Å². The Balaban J connectivity index is 0.000000519. The molecule has 0 N–H and O–H groups in total. The molecule has 1 atom stereocenters. The van der Waals surface area contributed by atoms with Crippen LogP contribution in [0, 0.1) is 11.8 Å². The summed E-state index contributed by atoms with van der Waals surface area (Å²) < 4.78 is 0. The normalized spacial score (nSPS) is 18.5. The van der Waals surface area contributed by atoms with E-state index < -0.39 is 0 Å². The van der Waals surface area contributed by atoms with E-state index in [-0.39, 0.29) is 5.41 Å². The molecular weight excluding hydrogens is 410 g/mol. The molecular formula is C33H49N. The van der Waals surface area contributed by atoms with Crippen LogP contribution in [-0.4, -0.2) is 4.98 Å². The summed E-state index contributed by atoms with van der Waals surface area (Å²) in [4.78, 5) is 4.94. The van der Waals surface area contributed by atoms with Gasteiger partial charge in [0.25, 0.3) is 0 Å². The van der Waals surface area contributed by atoms with E-state index in [4.69, 9.17) is 4.98 Å². The highest BCUT2D eigenvalue weighted by atomic mass is 14.7. The topological polar surface area (TPSA) is 12.9 Å². The molecule has 0 spiro atoms. The van der Waals surface area contributed by atoms with Crippen LogP contribution < -0.4 is 0 Å². The lowest BCUT2D eigenvalue weighted by Gasteiger charge is -2.42. The average Bonchev–Trinajstić information content (AvgIpc) is 2.80. The van der Waals surface area contributed by atoms with E-state index in [1.807, 2.05) is 6.20 Å². The summed E-state index contributed by atoms with van der Waals surface area (Å²) in [7, 11) is 0. The third kappa shape index (κ3) is 5.91. The van der Waals surface area contributed by atoms with Gasteiger partial charge in [-0.3, -0.25) is 4.98 Å². The third-order valence-electron chi connectivity index (χ3n) is 7.03. The summed E-state index contributed by atoms with van der Waals surface area (Å²) in [6, 6.07) is 8.90. The second kappa shape index (κ2) is 12.5. The van der Waals surface area contributed by atoms with Gasteiger partial charge < -0.3 is 0 Å². The number of nitrogens with zero attached hydrogens (tertiary/aromatic N) is 1. The van der Waals surface area contributed by atoms with Gasteiger partial charge in [-0.2, -0.15) is 0 Å². The van der Waals surface area contributed by atoms with Crippen LogP contribution in [0.3, 0.4) is 0 Å². The van der Waals surface area contributed by atoms with Crippen LogP contribution in [0.25, 0.3) is 16.3 Å². The third-order valence-corrected chi connectivity index (χ3v) is 7.03. The first-order chi connectivity index (χ1) is 16.1. The fourth-order valence-corrected chi connectivity index (χ4v) is 5.17. The first-order valence-electron chi connectivity index (χ1n) is 13.6. The molecule has 0 fully saturated rings. The number of pyridine rings is 1. The molecule has 1 nitrogen and oxygen atoms in total. The highest BCUT2D eigenvalue weighted by Crippen LogP contribution is 2.54. The minimum absolute atomic E-state index is 0.0106. The quantitative estimate of drug-likeness (QED) is 0.414. The molecule has 1 heterocycles. The molecule has 0 bridgehead atoms. The maximum Gasteiger partial charge on any atom is 0.0749 e. The van der Waals surface area contributed by atoms with Crippen LogP contribution in [0.15, 0.2) is 59.3 Å². The van der Waals surface area contributed by atoms with Crippen molar-refractivity contribution in [2.45, 2.75) is 107 Å². The standard InChI is InChI=1S/C26H31N.C4H10.C3H8/c1-16(2)9-7-11-20-15-17(3)18(4)24-23(20)25-22-19(13-14-27-25)10-8-12-21(22)26(24,5)6;1-3-4-2;1-3-2/h7-10,12-14,16,20H,11,15H2,1-6H3;3-4H2,1-2H3;3H2,1-2H3. The summed E-state index contributed by atoms with van der Waals surface area (Å²) in [6.07, 6.45) is 12.9. The first-order valence-corrected chi connectivity index (χ1v) is 13.6. The maximum absolute atomic E-state index is 4.94. The Morgan fingerprint density at radius 2 is 1.68 bits per heavy atom. The van der Waals surface area contributed by atoms with Crippen LogP contribution in [0.4, 0.5) is 0 Å². The van der Waals surface area contributed by atoms with Gasteiger partial charge >= 0.3 is 0 Å². The van der Waals surface area contributed by atoms with Crippen LogP contribution in [0.2, 0.25) is 0 Å². The first kappa shape index (κ1) is 28.1. The second-order valence-electron chi connectivity index (χ2n) is 10.9. The van der Waals surface area contributed by atoms with Gasteiger partial charge in [0.1, 0.15) is 0 Å². The summed E-state index contributed by atoms with van der Waals surface area (Å²) in [6.45, 7) is 22.6. The minimum Gasteiger partial charge on any atom is -0.256 e. The van der Waals surface area contributed by atoms with Gasteiger partial charge in [-0.25, -0.2) is 0 Å². The SMILES string of the molecule is CC1=C(C)C2=C(c3nccc4cccc(c34)C2(C)C)C(CC=CC(C)C)C1.CCC.CCCC. The molecule has 0 amide bonds. The molecule has 2 aromatic rings. The van der Waals surface area contributed by atoms with Crippen molar-refractivity contribution < 1.29 is 0 Å². The Labute approximate surface area is 210 Å². The number of hydrogen-bond donors (Lipinski definition) is 0. The zero-order valence-corrected chi connectivity index (χ0v) is 23.7. The van der Waals surface area contributed by atoms with Gasteiger partial charge in [-0.1, -0.05) is 111 Å². The largest absolute Gasteiger partial charge is 0.256 e. The molecule has 4 rings (SSSR count). The van der Waals surface area contributed by atoms with Gasteiger partial charge in [0, 0.05) is 17.0 Å². The van der Waals surface area contributed by atoms with E-state index in [9.17, 15) is 0 Å². The summed E-state index contributed by atoms with van der Waals surface area (Å²) in [5.74, 6) is 1.12. The molecule has 34 heavy (non-hydrogen) atoms. The lowest BCUT2D eigenvalue weighted by Crippen LogP contribution is -2.31. The number of unbranched alkanes of at least 4 members (excludes halogenated alkanes) is 1. The molecule has 0 aliphatic heterocycles. The Hall–Kier alpha value is -2.15. The summed E-state index contributed by atoms with van der Waals surface area (Å²) in [5.41, 5.74) is 8.70. The second-order valence-corrected chi connectivity index (χ2v) is 10.9. The molecule has 2 aliphatic rings. The van der Waals surface area contributed by atoms with E-state index in [0.29, 0.717) is 11.8 Å². The Kier molecular flexibility index (Phi) is 10.3. The number of rotatable bonds is 4. The van der Waals surface area contributed by atoms with Gasteiger partial charge in [0.15, 0.2) is 0 Å². The van der Waals surface area contributed by atoms with Crippen molar-refractivity contribution in [2.24, 2.45) is 11.8 Å². The number of aromatic nitrogens is 1. The fraction of sp³-hybridized carbons (Fsp3) is 0.545. The molecule has 1 aromatic carbocycles. The van der Waals surface area contributed by atoms with Crippen LogP contribution in [0.5, 0.6) is 0 Å². The van der Waals surface area contributed by atoms with Gasteiger partial charge in [0.05, 0.1) is 5.69 Å². The number of benzene rings is 1. The van der Waals surface area contributed by atoms with Crippen molar-refractivity contribution in [3.8, 4) is 0 Å². The Morgan fingerprint density at radius 1 is 1.03 bits per heavy atom. The van der Waals surface area contributed by atoms with Gasteiger partial charge in [0.2, 0.25) is 0 Å². The van der Waals surface area contributed by atoms with E-state index in [1.54, 1.807) is 0 Å². The predicted octanol–water partition coefficient (Wildman–Crippen LogP) is 10.5. The highest BCUT2D eigenvalue weighted by molar-refractivity contribution is 6.00. The van der Waals surface area contributed by atoms with Crippen LogP contribution >= 0.6 is 0 Å². The molecule has 0 saturated carbocycles. The van der Waals surface area contributed by atoms with Crippen molar-refractivity contribution in [3.05, 3.63) is 70.6 Å². The number of hydrogen-bond acceptors (Lipinski definition) is 1. The molecule has 0 saturated heterocycles. The summed E-state index contributed by atoms with van der Waals surface area (Å²) in [5, 5.41) is 2.69. The Morgan fingerprint density at radius 3 is 2.26 bits per heavy atom. The molecule has 0 radical (unpaired) electrons. The fourth-order valence-electron chi connectivity index (χ4n) is 5.17. The van der Waals surface area contributed by atoms with Gasteiger partial charge in [-0.15, -0.1) is 0 Å². The highest BCUT2D eigenvalue weighted by Gasteiger charge is 2.41. The van der Waals surface area contributed by atoms with Crippen LogP contribution in [0.1, 0.15) is 113 Å². The predicted molar refractivity (Wildman–Crippen MR) is 153 cm³/mol. The van der Waals surface area contributed by atoms with Crippen molar-refractivity contribution in [3.63, 3.8) is 0 Å². The zero-order valence-electron chi connectivity index (χ0n) is 23.7. The van der Waals surface area contributed by atoms with E-state index in [2.05, 4.69) is 106 Å². The monoisotopic (exact) mass is 459 g/mol. The van der Waals surface area contributed by atoms with E-state index >= 15 is 0 Å². The van der Waals surface area contributed by atoms with Crippen molar-refractivity contribution >= 4 is 16.3 Å². The van der Waals surface area contributed by atoms with Crippen molar-refractivity contribution in [2.75, 3.05) is 0 Å². The number of allylic oxidation sites excluding steroid dienone is 6. The maximum atomic E-state index is 4.94. The van der Waals surface area contributed by atoms with E-state index in [0.717, 1.165) is 12.8 Å². The lowest BCUT2D eigenvalue weighted by molar-refractivity contribution is 0.580. The number of fused-ring (bicyclic) bond motifs is 1. The molecule has 1 aromatic heterocycles. The zero-order chi connectivity index (χ0) is 25.5. The molecule has 2 aliphatic carbocycles. The lowest BCUT2D eigenvalue weighted by atomic mass is 9.61. The molecule has 1 heteroatoms. The van der Waals surface area contributed by atoms with Crippen LogP contribution in [-0.2, 0) is 5.41 Å². The minimum atomic E-state index is 0.0106.